The summed E-state index contributed by atoms with van der Waals surface area (Å²) < 4.78 is 0.975. The predicted molar refractivity (Wildman–Crippen MR) is 55.0 cm³/mol. The van der Waals surface area contributed by atoms with Crippen LogP contribution in [0.2, 0.25) is 0 Å². The van der Waals surface area contributed by atoms with Crippen molar-refractivity contribution in [2.24, 2.45) is 5.73 Å². The van der Waals surface area contributed by atoms with Gasteiger partial charge in [0.15, 0.2) is 4.34 Å². The molecule has 1 aromatic heterocycles. The van der Waals surface area contributed by atoms with Crippen molar-refractivity contribution < 1.29 is 5.11 Å². The number of nitrogens with zero attached hydrogens (tertiary/aromatic N) is 2. The molecule has 0 aliphatic heterocycles. The molecule has 0 aliphatic carbocycles. The van der Waals surface area contributed by atoms with Gasteiger partial charge in [0, 0.05) is 11.8 Å². The van der Waals surface area contributed by atoms with Crippen molar-refractivity contribution in [2.75, 3.05) is 12.4 Å². The summed E-state index contributed by atoms with van der Waals surface area (Å²) in [6.07, 6.45) is 0.805. The van der Waals surface area contributed by atoms with E-state index in [4.69, 9.17) is 10.8 Å². The molecule has 1 aromatic rings. The van der Waals surface area contributed by atoms with Gasteiger partial charge in [-0.05, 0) is 13.3 Å². The van der Waals surface area contributed by atoms with Gasteiger partial charge in [-0.3, -0.25) is 0 Å². The number of aryl methyl sites for hydroxylation is 1. The van der Waals surface area contributed by atoms with Gasteiger partial charge in [-0.1, -0.05) is 23.1 Å². The summed E-state index contributed by atoms with van der Waals surface area (Å²) in [4.78, 5) is 0. The van der Waals surface area contributed by atoms with Crippen LogP contribution in [0.4, 0.5) is 0 Å². The van der Waals surface area contributed by atoms with Crippen molar-refractivity contribution >= 4 is 23.1 Å². The Labute approximate surface area is 85.6 Å². The van der Waals surface area contributed by atoms with Gasteiger partial charge in [-0.2, -0.15) is 0 Å². The molecule has 0 aliphatic rings. The molecule has 6 heteroatoms. The zero-order valence-electron chi connectivity index (χ0n) is 7.43. The van der Waals surface area contributed by atoms with E-state index in [-0.39, 0.29) is 12.6 Å². The minimum Gasteiger partial charge on any atom is -0.395 e. The van der Waals surface area contributed by atoms with Gasteiger partial charge >= 0.3 is 0 Å². The molecule has 4 nitrogen and oxygen atoms in total. The summed E-state index contributed by atoms with van der Waals surface area (Å²) in [5.74, 6) is 0.885. The summed E-state index contributed by atoms with van der Waals surface area (Å²) in [6, 6.07) is -0.110. The highest BCUT2D eigenvalue weighted by Gasteiger charge is 2.03. The average molecular weight is 219 g/mol. The van der Waals surface area contributed by atoms with Crippen molar-refractivity contribution in [1.29, 1.82) is 0 Å². The number of aromatic nitrogens is 2. The average Bonchev–Trinajstić information content (AvgIpc) is 2.51. The number of aliphatic hydroxyl groups excluding tert-OH is 1. The van der Waals surface area contributed by atoms with Crippen molar-refractivity contribution in [3.8, 4) is 0 Å². The molecule has 0 radical (unpaired) electrons. The Hall–Kier alpha value is -0.170. The third-order valence-corrected chi connectivity index (χ3v) is 3.46. The van der Waals surface area contributed by atoms with E-state index in [0.29, 0.717) is 0 Å². The lowest BCUT2D eigenvalue weighted by molar-refractivity contribution is 0.264. The van der Waals surface area contributed by atoms with E-state index in [1.807, 2.05) is 6.92 Å². The minimum atomic E-state index is -0.110. The smallest absolute Gasteiger partial charge is 0.174 e. The summed E-state index contributed by atoms with van der Waals surface area (Å²) >= 11 is 3.22. The maximum atomic E-state index is 8.68. The van der Waals surface area contributed by atoms with Gasteiger partial charge < -0.3 is 10.8 Å². The van der Waals surface area contributed by atoms with Gasteiger partial charge in [0.05, 0.1) is 6.61 Å². The molecule has 1 atom stereocenters. The Morgan fingerprint density at radius 2 is 2.38 bits per heavy atom. The Kier molecular flexibility index (Phi) is 4.65. The molecule has 0 fully saturated rings. The van der Waals surface area contributed by atoms with Crippen LogP contribution >= 0.6 is 23.1 Å². The SMILES string of the molecule is Cc1nnc(SCCC(N)CO)s1. The largest absolute Gasteiger partial charge is 0.395 e. The number of hydrogen-bond acceptors (Lipinski definition) is 6. The minimum absolute atomic E-state index is 0.0513. The fourth-order valence-corrected chi connectivity index (χ4v) is 2.68. The van der Waals surface area contributed by atoms with E-state index in [1.54, 1.807) is 23.1 Å². The Bertz CT molecular complexity index is 254. The first-order valence-electron chi connectivity index (χ1n) is 4.01. The molecule has 0 amide bonds. The number of nitrogens with two attached hydrogens (primary N) is 1. The molecule has 1 heterocycles. The summed E-state index contributed by atoms with van der Waals surface area (Å²) in [5, 5.41) is 17.5. The first kappa shape index (κ1) is 10.9. The standard InChI is InChI=1S/C7H13N3OS2/c1-5-9-10-7(13-5)12-3-2-6(8)4-11/h6,11H,2-4,8H2,1H3. The monoisotopic (exact) mass is 219 g/mol. The molecule has 0 saturated heterocycles. The zero-order chi connectivity index (χ0) is 9.68. The summed E-state index contributed by atoms with van der Waals surface area (Å²) in [6.45, 7) is 1.98. The fourth-order valence-electron chi connectivity index (χ4n) is 0.726. The third-order valence-electron chi connectivity index (χ3n) is 1.46. The fraction of sp³-hybridized carbons (Fsp3) is 0.714. The highest BCUT2D eigenvalue weighted by Crippen LogP contribution is 2.22. The van der Waals surface area contributed by atoms with E-state index in [2.05, 4.69) is 10.2 Å². The first-order valence-corrected chi connectivity index (χ1v) is 5.82. The van der Waals surface area contributed by atoms with Crippen LogP contribution in [0, 0.1) is 6.92 Å². The van der Waals surface area contributed by atoms with Crippen LogP contribution < -0.4 is 5.73 Å². The van der Waals surface area contributed by atoms with E-state index < -0.39 is 0 Å². The Morgan fingerprint density at radius 1 is 1.62 bits per heavy atom. The van der Waals surface area contributed by atoms with Crippen molar-refractivity contribution in [1.82, 2.24) is 10.2 Å². The molecule has 0 saturated carbocycles. The number of rotatable bonds is 5. The van der Waals surface area contributed by atoms with E-state index >= 15 is 0 Å². The van der Waals surface area contributed by atoms with Crippen LogP contribution in [0.1, 0.15) is 11.4 Å². The summed E-state index contributed by atoms with van der Waals surface area (Å²) in [7, 11) is 0. The Balaban J connectivity index is 2.20. The zero-order valence-corrected chi connectivity index (χ0v) is 9.07. The van der Waals surface area contributed by atoms with Crippen LogP contribution in [-0.4, -0.2) is 33.7 Å². The molecule has 3 N–H and O–H groups in total. The first-order chi connectivity index (χ1) is 6.22. The van der Waals surface area contributed by atoms with Gasteiger partial charge in [-0.25, -0.2) is 0 Å². The van der Waals surface area contributed by atoms with Gasteiger partial charge in [0.25, 0.3) is 0 Å². The lowest BCUT2D eigenvalue weighted by Gasteiger charge is -2.04. The number of hydrogen-bond donors (Lipinski definition) is 2. The van der Waals surface area contributed by atoms with Crippen molar-refractivity contribution in [2.45, 2.75) is 23.7 Å². The van der Waals surface area contributed by atoms with Crippen molar-refractivity contribution in [3.05, 3.63) is 5.01 Å². The molecule has 1 rings (SSSR count). The van der Waals surface area contributed by atoms with Crippen LogP contribution in [0.25, 0.3) is 0 Å². The van der Waals surface area contributed by atoms with Crippen LogP contribution in [0.15, 0.2) is 4.34 Å². The van der Waals surface area contributed by atoms with E-state index in [0.717, 1.165) is 21.5 Å². The maximum absolute atomic E-state index is 8.68. The lowest BCUT2D eigenvalue weighted by Crippen LogP contribution is -2.24. The quantitative estimate of drug-likeness (QED) is 0.711. The topological polar surface area (TPSA) is 72.0 Å². The second kappa shape index (κ2) is 5.54. The molecule has 1 unspecified atom stereocenters. The third kappa shape index (κ3) is 4.04. The van der Waals surface area contributed by atoms with Crippen LogP contribution in [-0.2, 0) is 0 Å². The number of thioether (sulfide) groups is 1. The van der Waals surface area contributed by atoms with Gasteiger partial charge in [-0.15, -0.1) is 10.2 Å². The molecular formula is C7H13N3OS2. The van der Waals surface area contributed by atoms with Gasteiger partial charge in [0.1, 0.15) is 5.01 Å². The molecule has 0 aromatic carbocycles. The second-order valence-electron chi connectivity index (χ2n) is 2.67. The normalized spacial score (nSPS) is 13.2. The van der Waals surface area contributed by atoms with Gasteiger partial charge in [0.2, 0.25) is 0 Å². The van der Waals surface area contributed by atoms with Crippen LogP contribution in [0.5, 0.6) is 0 Å². The van der Waals surface area contributed by atoms with Crippen LogP contribution in [0.3, 0.4) is 0 Å². The van der Waals surface area contributed by atoms with Crippen molar-refractivity contribution in [3.63, 3.8) is 0 Å². The second-order valence-corrected chi connectivity index (χ2v) is 5.19. The van der Waals surface area contributed by atoms with E-state index in [9.17, 15) is 0 Å². The summed E-state index contributed by atoms with van der Waals surface area (Å²) in [5.41, 5.74) is 5.55. The molecule has 0 bridgehead atoms. The number of aliphatic hydroxyl groups is 1. The highest BCUT2D eigenvalue weighted by atomic mass is 32.2. The highest BCUT2D eigenvalue weighted by molar-refractivity contribution is 8.01. The van der Waals surface area contributed by atoms with E-state index in [1.165, 1.54) is 0 Å². The Morgan fingerprint density at radius 3 is 2.92 bits per heavy atom. The molecule has 13 heavy (non-hydrogen) atoms. The molecular weight excluding hydrogens is 206 g/mol. The molecule has 0 spiro atoms. The lowest BCUT2D eigenvalue weighted by atomic mass is 10.3. The molecule has 74 valence electrons. The predicted octanol–water partition coefficient (Wildman–Crippen LogP) is 0.648. The maximum Gasteiger partial charge on any atom is 0.174 e.